The molecule has 0 radical (unpaired) electrons. The second-order valence-electron chi connectivity index (χ2n) is 3.99. The lowest BCUT2D eigenvalue weighted by atomic mass is 10.0. The Morgan fingerprint density at radius 1 is 1.00 bits per heavy atom. The molecule has 1 aromatic heterocycles. The Kier molecular flexibility index (Phi) is 1.83. The van der Waals surface area contributed by atoms with E-state index in [4.69, 9.17) is 0 Å². The molecule has 0 spiro atoms. The van der Waals surface area contributed by atoms with Gasteiger partial charge in [0.15, 0.2) is 6.20 Å². The first-order chi connectivity index (χ1) is 7.77. The summed E-state index contributed by atoms with van der Waals surface area (Å²) < 4.78 is 0.942. The number of benzene rings is 2. The van der Waals surface area contributed by atoms with Crippen LogP contribution in [0.3, 0.4) is 0 Å². The molecule has 0 amide bonds. The van der Waals surface area contributed by atoms with E-state index < -0.39 is 0 Å². The monoisotopic (exact) mass is 209 g/mol. The van der Waals surface area contributed by atoms with E-state index in [2.05, 4.69) is 18.2 Å². The van der Waals surface area contributed by atoms with Crippen LogP contribution in [0.2, 0.25) is 0 Å². The number of hydrogen-bond acceptors (Lipinski definition) is 1. The van der Waals surface area contributed by atoms with Crippen molar-refractivity contribution < 1.29 is 4.73 Å². The highest BCUT2D eigenvalue weighted by molar-refractivity contribution is 5.98. The number of fused-ring (bicyclic) bond motifs is 2. The van der Waals surface area contributed by atoms with Gasteiger partial charge in [0.05, 0.1) is 0 Å². The second-order valence-corrected chi connectivity index (χ2v) is 3.99. The zero-order chi connectivity index (χ0) is 11.1. The first kappa shape index (κ1) is 9.16. The van der Waals surface area contributed by atoms with E-state index >= 15 is 0 Å². The third kappa shape index (κ3) is 1.16. The predicted octanol–water partition coefficient (Wildman–Crippen LogP) is 2.93. The van der Waals surface area contributed by atoms with Crippen molar-refractivity contribution in [2.45, 2.75) is 6.92 Å². The molecular formula is C14H11NO. The largest absolute Gasteiger partial charge is 0.618 e. The summed E-state index contributed by atoms with van der Waals surface area (Å²) in [6.45, 7) is 2.00. The van der Waals surface area contributed by atoms with Crippen molar-refractivity contribution in [1.29, 1.82) is 0 Å². The van der Waals surface area contributed by atoms with Gasteiger partial charge in [0.2, 0.25) is 5.52 Å². The van der Waals surface area contributed by atoms with Gasteiger partial charge in [-0.3, -0.25) is 0 Å². The molecule has 0 unspecified atom stereocenters. The molecule has 78 valence electrons. The van der Waals surface area contributed by atoms with Crippen molar-refractivity contribution in [2.75, 3.05) is 0 Å². The molecular weight excluding hydrogens is 198 g/mol. The third-order valence-corrected chi connectivity index (χ3v) is 3.02. The number of nitrogens with zero attached hydrogens (tertiary/aromatic N) is 1. The van der Waals surface area contributed by atoms with Crippen molar-refractivity contribution in [2.24, 2.45) is 0 Å². The molecule has 0 atom stereocenters. The zero-order valence-corrected chi connectivity index (χ0v) is 8.97. The van der Waals surface area contributed by atoms with Gasteiger partial charge in [0, 0.05) is 17.0 Å². The van der Waals surface area contributed by atoms with Crippen molar-refractivity contribution in [3.8, 4) is 0 Å². The van der Waals surface area contributed by atoms with Gasteiger partial charge in [-0.25, -0.2) is 0 Å². The molecule has 0 aliphatic carbocycles. The number of pyridine rings is 1. The maximum Gasteiger partial charge on any atom is 0.227 e. The normalized spacial score (nSPS) is 11.1. The van der Waals surface area contributed by atoms with Crippen LogP contribution in [-0.2, 0) is 0 Å². The summed E-state index contributed by atoms with van der Waals surface area (Å²) in [6.07, 6.45) is 1.55. The standard InChI is InChI=1S/C14H11NO/c1-10-13-7-3-2-5-11(13)9-12-6-4-8-15(16)14(10)12/h2-9H,1H3. The quantitative estimate of drug-likeness (QED) is 0.317. The van der Waals surface area contributed by atoms with E-state index in [1.54, 1.807) is 12.3 Å². The van der Waals surface area contributed by atoms with Crippen LogP contribution in [0.25, 0.3) is 21.7 Å². The second kappa shape index (κ2) is 3.20. The zero-order valence-electron chi connectivity index (χ0n) is 8.97. The van der Waals surface area contributed by atoms with Gasteiger partial charge in [-0.05, 0) is 29.8 Å². The van der Waals surface area contributed by atoms with E-state index in [0.29, 0.717) is 0 Å². The van der Waals surface area contributed by atoms with Crippen LogP contribution in [-0.4, -0.2) is 0 Å². The number of rotatable bonds is 0. The molecule has 2 heteroatoms. The van der Waals surface area contributed by atoms with Crippen LogP contribution in [0.4, 0.5) is 0 Å². The van der Waals surface area contributed by atoms with Crippen molar-refractivity contribution >= 4 is 21.7 Å². The minimum Gasteiger partial charge on any atom is -0.618 e. The summed E-state index contributed by atoms with van der Waals surface area (Å²) in [4.78, 5) is 0. The smallest absolute Gasteiger partial charge is 0.227 e. The molecule has 2 aromatic carbocycles. The SMILES string of the molecule is Cc1c2ccccc2cc2ccc[n+]([O-])c12. The van der Waals surface area contributed by atoms with Gasteiger partial charge < -0.3 is 5.21 Å². The molecule has 1 heterocycles. The fraction of sp³-hybridized carbons (Fsp3) is 0.0714. The summed E-state index contributed by atoms with van der Waals surface area (Å²) in [5.74, 6) is 0. The van der Waals surface area contributed by atoms with Crippen molar-refractivity contribution in [1.82, 2.24) is 0 Å². The minimum absolute atomic E-state index is 0.765. The van der Waals surface area contributed by atoms with Crippen LogP contribution in [0, 0.1) is 12.1 Å². The summed E-state index contributed by atoms with van der Waals surface area (Å²) in [6, 6.07) is 14.0. The third-order valence-electron chi connectivity index (χ3n) is 3.02. The highest BCUT2D eigenvalue weighted by atomic mass is 16.5. The van der Waals surface area contributed by atoms with Crippen LogP contribution < -0.4 is 4.73 Å². The average molecular weight is 209 g/mol. The van der Waals surface area contributed by atoms with Crippen LogP contribution in [0.15, 0.2) is 48.7 Å². The molecule has 0 saturated heterocycles. The maximum absolute atomic E-state index is 11.8. The molecule has 0 fully saturated rings. The van der Waals surface area contributed by atoms with Gasteiger partial charge in [0.25, 0.3) is 0 Å². The van der Waals surface area contributed by atoms with Gasteiger partial charge in [-0.15, -0.1) is 0 Å². The van der Waals surface area contributed by atoms with Crippen molar-refractivity contribution in [3.63, 3.8) is 0 Å². The molecule has 0 saturated carbocycles. The Morgan fingerprint density at radius 2 is 1.75 bits per heavy atom. The summed E-state index contributed by atoms with van der Waals surface area (Å²) in [5, 5.41) is 15.1. The Hall–Kier alpha value is -2.09. The highest BCUT2D eigenvalue weighted by Gasteiger charge is 2.10. The summed E-state index contributed by atoms with van der Waals surface area (Å²) >= 11 is 0. The first-order valence-electron chi connectivity index (χ1n) is 5.27. The molecule has 16 heavy (non-hydrogen) atoms. The van der Waals surface area contributed by atoms with Gasteiger partial charge >= 0.3 is 0 Å². The van der Waals surface area contributed by atoms with Gasteiger partial charge in [-0.1, -0.05) is 24.3 Å². The molecule has 0 bridgehead atoms. The van der Waals surface area contributed by atoms with E-state index in [9.17, 15) is 5.21 Å². The van der Waals surface area contributed by atoms with Crippen LogP contribution >= 0.6 is 0 Å². The molecule has 0 aliphatic heterocycles. The Labute approximate surface area is 93.3 Å². The first-order valence-corrected chi connectivity index (χ1v) is 5.27. The fourth-order valence-electron chi connectivity index (χ4n) is 2.26. The summed E-state index contributed by atoms with van der Waals surface area (Å²) in [5.41, 5.74) is 1.81. The number of hydrogen-bond donors (Lipinski definition) is 0. The van der Waals surface area contributed by atoms with Crippen LogP contribution in [0.1, 0.15) is 5.56 Å². The van der Waals surface area contributed by atoms with E-state index in [0.717, 1.165) is 26.6 Å². The summed E-state index contributed by atoms with van der Waals surface area (Å²) in [7, 11) is 0. The molecule has 3 aromatic rings. The lowest BCUT2D eigenvalue weighted by Gasteiger charge is -2.07. The van der Waals surface area contributed by atoms with E-state index in [1.165, 1.54) is 5.39 Å². The Morgan fingerprint density at radius 3 is 2.62 bits per heavy atom. The molecule has 0 aliphatic rings. The highest BCUT2D eigenvalue weighted by Crippen LogP contribution is 2.25. The number of aryl methyl sites for hydroxylation is 1. The van der Waals surface area contributed by atoms with Crippen molar-refractivity contribution in [3.05, 3.63) is 59.4 Å². The lowest BCUT2D eigenvalue weighted by molar-refractivity contribution is -0.577. The Balaban J connectivity index is 2.62. The average Bonchev–Trinajstić information content (AvgIpc) is 2.29. The molecule has 0 N–H and O–H groups in total. The van der Waals surface area contributed by atoms with Gasteiger partial charge in [0.1, 0.15) is 0 Å². The predicted molar refractivity (Wildman–Crippen MR) is 65.2 cm³/mol. The maximum atomic E-state index is 11.8. The molecule has 3 rings (SSSR count). The lowest BCUT2D eigenvalue weighted by Crippen LogP contribution is -2.26. The van der Waals surface area contributed by atoms with E-state index in [1.807, 2.05) is 25.1 Å². The molecule has 2 nitrogen and oxygen atoms in total. The minimum atomic E-state index is 0.765. The number of aromatic nitrogens is 1. The Bertz CT molecular complexity index is 689. The van der Waals surface area contributed by atoms with Crippen LogP contribution in [0.5, 0.6) is 0 Å². The van der Waals surface area contributed by atoms with E-state index in [-0.39, 0.29) is 0 Å². The van der Waals surface area contributed by atoms with Gasteiger partial charge in [-0.2, -0.15) is 4.73 Å². The fourth-order valence-corrected chi connectivity index (χ4v) is 2.26. The topological polar surface area (TPSA) is 26.9 Å².